The summed E-state index contributed by atoms with van der Waals surface area (Å²) in [6, 6.07) is 7.73. The molecule has 164 valence electrons. The maximum absolute atomic E-state index is 12.7. The molecule has 1 aromatic carbocycles. The molecule has 0 aliphatic heterocycles. The summed E-state index contributed by atoms with van der Waals surface area (Å²) in [5, 5.41) is 8.53. The number of rotatable bonds is 7. The Balaban J connectivity index is 1.33. The molecule has 30 heavy (non-hydrogen) atoms. The molecule has 3 rings (SSSR count). The summed E-state index contributed by atoms with van der Waals surface area (Å²) >= 11 is 0. The highest BCUT2D eigenvalue weighted by atomic mass is 19.4. The lowest BCUT2D eigenvalue weighted by Gasteiger charge is -2.32. The van der Waals surface area contributed by atoms with Crippen LogP contribution in [0.1, 0.15) is 81.3 Å². The summed E-state index contributed by atoms with van der Waals surface area (Å²) in [7, 11) is 0. The Morgan fingerprint density at radius 1 is 0.933 bits per heavy atom. The molecule has 0 saturated heterocycles. The molecule has 0 bridgehead atoms. The first-order valence-corrected chi connectivity index (χ1v) is 11.3. The second kappa shape index (κ2) is 11.0. The van der Waals surface area contributed by atoms with Crippen molar-refractivity contribution in [2.45, 2.75) is 82.4 Å². The van der Waals surface area contributed by atoms with Crippen LogP contribution in [-0.4, -0.2) is 12.7 Å². The van der Waals surface area contributed by atoms with E-state index in [1.807, 2.05) is 12.1 Å². The smallest absolute Gasteiger partial charge is 0.378 e. The van der Waals surface area contributed by atoms with E-state index >= 15 is 0 Å². The lowest BCUT2D eigenvalue weighted by molar-refractivity contribution is -0.137. The van der Waals surface area contributed by atoms with Crippen LogP contribution in [0.4, 0.5) is 13.2 Å². The van der Waals surface area contributed by atoms with Gasteiger partial charge in [0.2, 0.25) is 0 Å². The monoisotopic (exact) mass is 419 g/mol. The lowest BCUT2D eigenvalue weighted by Crippen LogP contribution is -2.25. The third-order valence-corrected chi connectivity index (χ3v) is 6.85. The number of benzene rings is 1. The van der Waals surface area contributed by atoms with Crippen molar-refractivity contribution in [2.24, 2.45) is 11.8 Å². The molecule has 2 aliphatic carbocycles. The van der Waals surface area contributed by atoms with Crippen molar-refractivity contribution in [1.82, 2.24) is 0 Å². The zero-order valence-electron chi connectivity index (χ0n) is 17.5. The van der Waals surface area contributed by atoms with Gasteiger partial charge in [-0.1, -0.05) is 31.1 Å². The summed E-state index contributed by atoms with van der Waals surface area (Å²) in [5.41, 5.74) is 0.445. The standard InChI is InChI=1S/C25H32F3NO/c26-25(27,28)23-13-9-21(10-14-23)22-11-15-24(16-12-22)30-18-20-7-5-19(6-8-20)4-2-1-3-17-29/h1,3,9-10,13-14,19-20,22,24H,2,4-8,11-12,15-16,18H2. The van der Waals surface area contributed by atoms with Gasteiger partial charge in [0.25, 0.3) is 0 Å². The Labute approximate surface area is 178 Å². The van der Waals surface area contributed by atoms with Crippen molar-refractivity contribution in [2.75, 3.05) is 6.61 Å². The van der Waals surface area contributed by atoms with Gasteiger partial charge in [0.15, 0.2) is 0 Å². The molecule has 0 atom stereocenters. The number of hydrogen-bond donors (Lipinski definition) is 0. The van der Waals surface area contributed by atoms with Crippen molar-refractivity contribution in [3.05, 3.63) is 47.5 Å². The van der Waals surface area contributed by atoms with Gasteiger partial charge in [0, 0.05) is 12.7 Å². The highest BCUT2D eigenvalue weighted by Crippen LogP contribution is 2.37. The SMILES string of the molecule is N#CC=CCCC1CCC(COC2CCC(c3ccc(C(F)(F)F)cc3)CC2)CC1. The summed E-state index contributed by atoms with van der Waals surface area (Å²) < 4.78 is 44.4. The van der Waals surface area contributed by atoms with Crippen LogP contribution in [0, 0.1) is 23.2 Å². The van der Waals surface area contributed by atoms with Crippen molar-refractivity contribution < 1.29 is 17.9 Å². The van der Waals surface area contributed by atoms with Crippen molar-refractivity contribution in [3.63, 3.8) is 0 Å². The second-order valence-electron chi connectivity index (χ2n) is 8.92. The maximum atomic E-state index is 12.7. The van der Waals surface area contributed by atoms with Crippen LogP contribution in [0.5, 0.6) is 0 Å². The number of nitrogens with zero attached hydrogens (tertiary/aromatic N) is 1. The van der Waals surface area contributed by atoms with Crippen LogP contribution in [-0.2, 0) is 10.9 Å². The van der Waals surface area contributed by atoms with Gasteiger partial charge >= 0.3 is 6.18 Å². The first-order valence-electron chi connectivity index (χ1n) is 11.3. The predicted octanol–water partition coefficient (Wildman–Crippen LogP) is 7.41. The molecule has 0 unspecified atom stereocenters. The Kier molecular flexibility index (Phi) is 8.39. The molecular formula is C25H32F3NO. The Hall–Kier alpha value is -1.80. The van der Waals surface area contributed by atoms with Crippen LogP contribution in [0.25, 0.3) is 0 Å². The molecule has 0 aromatic heterocycles. The topological polar surface area (TPSA) is 33.0 Å². The van der Waals surface area contributed by atoms with Crippen molar-refractivity contribution >= 4 is 0 Å². The van der Waals surface area contributed by atoms with Crippen LogP contribution in [0.15, 0.2) is 36.4 Å². The molecule has 0 heterocycles. The summed E-state index contributed by atoms with van der Waals surface area (Å²) in [5.74, 6) is 1.78. The number of ether oxygens (including phenoxy) is 1. The molecule has 0 spiro atoms. The van der Waals surface area contributed by atoms with Gasteiger partial charge in [-0.15, -0.1) is 0 Å². The maximum Gasteiger partial charge on any atom is 0.416 e. The molecule has 0 radical (unpaired) electrons. The zero-order valence-corrected chi connectivity index (χ0v) is 17.5. The minimum atomic E-state index is -4.27. The quantitative estimate of drug-likeness (QED) is 0.431. The highest BCUT2D eigenvalue weighted by molar-refractivity contribution is 5.27. The van der Waals surface area contributed by atoms with Gasteiger partial charge < -0.3 is 4.74 Å². The first kappa shape index (κ1) is 22.9. The van der Waals surface area contributed by atoms with Crippen LogP contribution < -0.4 is 0 Å². The minimum absolute atomic E-state index is 0.296. The number of alkyl halides is 3. The van der Waals surface area contributed by atoms with E-state index < -0.39 is 11.7 Å². The second-order valence-corrected chi connectivity index (χ2v) is 8.92. The summed E-state index contributed by atoms with van der Waals surface area (Å²) in [4.78, 5) is 0. The molecule has 5 heteroatoms. The van der Waals surface area contributed by atoms with Crippen LogP contribution >= 0.6 is 0 Å². The lowest BCUT2D eigenvalue weighted by atomic mass is 9.80. The number of hydrogen-bond acceptors (Lipinski definition) is 2. The molecule has 1 aromatic rings. The van der Waals surface area contributed by atoms with Crippen molar-refractivity contribution in [1.29, 1.82) is 5.26 Å². The normalized spacial score (nSPS) is 27.8. The average molecular weight is 420 g/mol. The van der Waals surface area contributed by atoms with Crippen LogP contribution in [0.3, 0.4) is 0 Å². The Morgan fingerprint density at radius 2 is 1.57 bits per heavy atom. The molecule has 0 N–H and O–H groups in total. The van der Waals surface area contributed by atoms with E-state index in [1.165, 1.54) is 44.2 Å². The summed E-state index contributed by atoms with van der Waals surface area (Å²) in [6.45, 7) is 0.844. The number of allylic oxidation sites excluding steroid dienone is 2. The van der Waals surface area contributed by atoms with Gasteiger partial charge in [0.1, 0.15) is 0 Å². The van der Waals surface area contributed by atoms with E-state index in [0.717, 1.165) is 50.2 Å². The largest absolute Gasteiger partial charge is 0.416 e. The van der Waals surface area contributed by atoms with E-state index in [-0.39, 0.29) is 0 Å². The fraction of sp³-hybridized carbons (Fsp3) is 0.640. The third-order valence-electron chi connectivity index (χ3n) is 6.85. The van der Waals surface area contributed by atoms with Gasteiger partial charge in [-0.25, -0.2) is 0 Å². The molecular weight excluding hydrogens is 387 g/mol. The minimum Gasteiger partial charge on any atom is -0.378 e. The summed E-state index contributed by atoms with van der Waals surface area (Å²) in [6.07, 6.45) is 10.7. The highest BCUT2D eigenvalue weighted by Gasteiger charge is 2.31. The van der Waals surface area contributed by atoms with E-state index in [1.54, 1.807) is 18.2 Å². The van der Waals surface area contributed by atoms with Gasteiger partial charge in [-0.2, -0.15) is 18.4 Å². The zero-order chi connectivity index (χ0) is 21.4. The van der Waals surface area contributed by atoms with Crippen molar-refractivity contribution in [3.8, 4) is 6.07 Å². The fourth-order valence-electron chi connectivity index (χ4n) is 4.93. The van der Waals surface area contributed by atoms with E-state index in [2.05, 4.69) is 0 Å². The van der Waals surface area contributed by atoms with Crippen LogP contribution in [0.2, 0.25) is 0 Å². The molecule has 2 nitrogen and oxygen atoms in total. The molecule has 2 aliphatic rings. The Morgan fingerprint density at radius 3 is 2.17 bits per heavy atom. The molecule has 2 fully saturated rings. The van der Waals surface area contributed by atoms with E-state index in [4.69, 9.17) is 10.00 Å². The predicted molar refractivity (Wildman–Crippen MR) is 112 cm³/mol. The fourth-order valence-corrected chi connectivity index (χ4v) is 4.93. The van der Waals surface area contributed by atoms with Gasteiger partial charge in [-0.05, 0) is 86.8 Å². The Bertz CT molecular complexity index is 703. The van der Waals surface area contributed by atoms with E-state index in [0.29, 0.717) is 17.9 Å². The van der Waals surface area contributed by atoms with E-state index in [9.17, 15) is 13.2 Å². The molecule has 0 amide bonds. The third kappa shape index (κ3) is 6.87. The average Bonchev–Trinajstić information content (AvgIpc) is 2.76. The van der Waals surface area contributed by atoms with Gasteiger partial charge in [0.05, 0.1) is 17.7 Å². The molecule has 2 saturated carbocycles. The first-order chi connectivity index (χ1) is 14.5. The van der Waals surface area contributed by atoms with Gasteiger partial charge in [-0.3, -0.25) is 0 Å². The number of halogens is 3. The number of nitriles is 1.